The van der Waals surface area contributed by atoms with Crippen LogP contribution in [0.2, 0.25) is 0 Å². The van der Waals surface area contributed by atoms with Crippen LogP contribution in [0.25, 0.3) is 0 Å². The highest BCUT2D eigenvalue weighted by atomic mass is 16.5. The third-order valence-electron chi connectivity index (χ3n) is 6.61. The minimum absolute atomic E-state index is 0.116. The minimum Gasteiger partial charge on any atom is -0.381 e. The third-order valence-corrected chi connectivity index (χ3v) is 6.61. The second-order valence-corrected chi connectivity index (χ2v) is 8.21. The zero-order valence-corrected chi connectivity index (χ0v) is 16.3. The summed E-state index contributed by atoms with van der Waals surface area (Å²) in [6, 6.07) is -0.408. The molecule has 2 amide bonds. The van der Waals surface area contributed by atoms with Crippen molar-refractivity contribution in [2.24, 2.45) is 5.41 Å². The van der Waals surface area contributed by atoms with Crippen LogP contribution in [0.3, 0.4) is 0 Å². The molecule has 1 spiro atoms. The fraction of sp³-hybridized carbons (Fsp3) is 0.750. The Bertz CT molecular complexity index is 692. The summed E-state index contributed by atoms with van der Waals surface area (Å²) in [7, 11) is 0. The largest absolute Gasteiger partial charge is 0.381 e. The molecule has 3 fully saturated rings. The first-order valence-corrected chi connectivity index (χ1v) is 10.1. The summed E-state index contributed by atoms with van der Waals surface area (Å²) >= 11 is 0. The third kappa shape index (κ3) is 3.16. The molecule has 27 heavy (non-hydrogen) atoms. The van der Waals surface area contributed by atoms with E-state index >= 15 is 0 Å². The van der Waals surface area contributed by atoms with Crippen molar-refractivity contribution < 1.29 is 18.8 Å². The van der Waals surface area contributed by atoms with E-state index in [0.29, 0.717) is 36.8 Å². The number of rotatable bonds is 2. The fourth-order valence-electron chi connectivity index (χ4n) is 5.16. The lowest BCUT2D eigenvalue weighted by atomic mass is 9.67. The van der Waals surface area contributed by atoms with Gasteiger partial charge in [0.1, 0.15) is 17.4 Å². The summed E-state index contributed by atoms with van der Waals surface area (Å²) in [6.45, 7) is 7.09. The molecule has 0 bridgehead atoms. The first-order valence-electron chi connectivity index (χ1n) is 10.1. The van der Waals surface area contributed by atoms with Crippen LogP contribution in [0.1, 0.15) is 60.3 Å². The van der Waals surface area contributed by atoms with E-state index in [9.17, 15) is 9.59 Å². The Morgan fingerprint density at radius 3 is 2.37 bits per heavy atom. The number of amides is 2. The summed E-state index contributed by atoms with van der Waals surface area (Å²) in [5.74, 6) is 0.528. The molecule has 1 unspecified atom stereocenters. The van der Waals surface area contributed by atoms with Crippen molar-refractivity contribution >= 4 is 11.8 Å². The number of aromatic nitrogens is 1. The van der Waals surface area contributed by atoms with Gasteiger partial charge in [0.05, 0.1) is 5.69 Å². The maximum absolute atomic E-state index is 13.6. The quantitative estimate of drug-likeness (QED) is 0.793. The molecular formula is C20H29N3O4. The van der Waals surface area contributed by atoms with E-state index < -0.39 is 6.04 Å². The first-order chi connectivity index (χ1) is 13.0. The second kappa shape index (κ2) is 7.26. The predicted octanol–water partition coefficient (Wildman–Crippen LogP) is 2.32. The number of carbonyl (C=O) groups is 2. The van der Waals surface area contributed by atoms with Gasteiger partial charge in [-0.05, 0) is 52.4 Å². The molecule has 4 rings (SSSR count). The maximum atomic E-state index is 13.6. The molecule has 4 heterocycles. The Morgan fingerprint density at radius 2 is 1.74 bits per heavy atom. The van der Waals surface area contributed by atoms with E-state index in [2.05, 4.69) is 5.16 Å². The molecule has 3 aliphatic rings. The average molecular weight is 375 g/mol. The van der Waals surface area contributed by atoms with Crippen LogP contribution >= 0.6 is 0 Å². The molecule has 7 heteroatoms. The van der Waals surface area contributed by atoms with Crippen molar-refractivity contribution in [2.45, 2.75) is 58.4 Å². The molecule has 1 aromatic heterocycles. The molecule has 0 N–H and O–H groups in total. The van der Waals surface area contributed by atoms with Crippen LogP contribution in [0, 0.1) is 19.3 Å². The van der Waals surface area contributed by atoms with E-state index in [4.69, 9.17) is 9.26 Å². The van der Waals surface area contributed by atoms with Gasteiger partial charge in [-0.15, -0.1) is 0 Å². The van der Waals surface area contributed by atoms with E-state index in [1.807, 2.05) is 9.80 Å². The molecular weight excluding hydrogens is 346 g/mol. The van der Waals surface area contributed by atoms with Gasteiger partial charge >= 0.3 is 0 Å². The zero-order chi connectivity index (χ0) is 19.0. The van der Waals surface area contributed by atoms with Gasteiger partial charge in [-0.3, -0.25) is 9.59 Å². The summed E-state index contributed by atoms with van der Waals surface area (Å²) in [6.07, 6.45) is 5.66. The Morgan fingerprint density at radius 1 is 1.04 bits per heavy atom. The van der Waals surface area contributed by atoms with Crippen LogP contribution in [0.5, 0.6) is 0 Å². The topological polar surface area (TPSA) is 75.9 Å². The van der Waals surface area contributed by atoms with E-state index in [0.717, 1.165) is 51.6 Å². The van der Waals surface area contributed by atoms with Crippen molar-refractivity contribution in [1.82, 2.24) is 15.0 Å². The zero-order valence-electron chi connectivity index (χ0n) is 16.3. The Labute approximate surface area is 160 Å². The van der Waals surface area contributed by atoms with Crippen LogP contribution in [0.4, 0.5) is 0 Å². The van der Waals surface area contributed by atoms with Gasteiger partial charge in [0.2, 0.25) is 5.91 Å². The Balaban J connectivity index is 1.71. The lowest BCUT2D eigenvalue weighted by Crippen LogP contribution is -2.62. The predicted molar refractivity (Wildman–Crippen MR) is 98.3 cm³/mol. The summed E-state index contributed by atoms with van der Waals surface area (Å²) < 4.78 is 10.8. The van der Waals surface area contributed by atoms with Crippen molar-refractivity contribution in [1.29, 1.82) is 0 Å². The number of piperidine rings is 1. The summed E-state index contributed by atoms with van der Waals surface area (Å²) in [5.41, 5.74) is 0.931. The van der Waals surface area contributed by atoms with Gasteiger partial charge in [-0.2, -0.15) is 0 Å². The van der Waals surface area contributed by atoms with Crippen molar-refractivity contribution in [2.75, 3.05) is 32.8 Å². The molecule has 148 valence electrons. The highest BCUT2D eigenvalue weighted by Gasteiger charge is 2.52. The molecule has 1 atom stereocenters. The van der Waals surface area contributed by atoms with E-state index in [1.54, 1.807) is 13.8 Å². The van der Waals surface area contributed by atoms with E-state index in [-0.39, 0.29) is 17.2 Å². The van der Waals surface area contributed by atoms with Gasteiger partial charge in [0.25, 0.3) is 5.91 Å². The highest BCUT2D eigenvalue weighted by Crippen LogP contribution is 2.45. The van der Waals surface area contributed by atoms with Crippen LogP contribution < -0.4 is 0 Å². The first kappa shape index (κ1) is 18.5. The Hall–Kier alpha value is -1.89. The second-order valence-electron chi connectivity index (χ2n) is 8.21. The smallest absolute Gasteiger partial charge is 0.260 e. The molecule has 7 nitrogen and oxygen atoms in total. The normalized spacial score (nSPS) is 25.2. The van der Waals surface area contributed by atoms with Gasteiger partial charge in [-0.1, -0.05) is 5.16 Å². The molecule has 0 saturated carbocycles. The number of hydrogen-bond acceptors (Lipinski definition) is 5. The maximum Gasteiger partial charge on any atom is 0.260 e. The van der Waals surface area contributed by atoms with Gasteiger partial charge < -0.3 is 19.1 Å². The molecule has 0 aliphatic carbocycles. The lowest BCUT2D eigenvalue weighted by molar-refractivity contribution is -0.147. The molecule has 0 aromatic carbocycles. The van der Waals surface area contributed by atoms with Gasteiger partial charge in [0.15, 0.2) is 0 Å². The molecule has 1 aromatic rings. The van der Waals surface area contributed by atoms with Crippen LogP contribution in [-0.4, -0.2) is 65.7 Å². The number of carbonyl (C=O) groups excluding carboxylic acids is 2. The minimum atomic E-state index is -0.408. The van der Waals surface area contributed by atoms with E-state index in [1.165, 1.54) is 0 Å². The average Bonchev–Trinajstić information content (AvgIpc) is 3.31. The van der Waals surface area contributed by atoms with Crippen molar-refractivity contribution in [3.05, 3.63) is 17.0 Å². The number of nitrogens with zero attached hydrogens (tertiary/aromatic N) is 3. The molecule has 3 aliphatic heterocycles. The van der Waals surface area contributed by atoms with Crippen LogP contribution in [-0.2, 0) is 9.53 Å². The number of hydrogen-bond donors (Lipinski definition) is 0. The molecule has 0 radical (unpaired) electrons. The SMILES string of the molecule is Cc1noc(C)c1C(=O)N1CCCC2(CCOCC2)C1C(=O)N1CCCC1. The van der Waals surface area contributed by atoms with Gasteiger partial charge in [-0.25, -0.2) is 0 Å². The lowest BCUT2D eigenvalue weighted by Gasteiger charge is -2.51. The number of ether oxygens (including phenoxy) is 1. The van der Waals surface area contributed by atoms with Crippen molar-refractivity contribution in [3.63, 3.8) is 0 Å². The summed E-state index contributed by atoms with van der Waals surface area (Å²) in [4.78, 5) is 30.8. The standard InChI is InChI=1S/C20H29N3O4/c1-14-16(15(2)27-21-14)18(24)23-11-5-6-20(7-12-26-13-8-20)17(23)19(25)22-9-3-4-10-22/h17H,3-13H2,1-2H3. The Kier molecular flexibility index (Phi) is 4.97. The highest BCUT2D eigenvalue weighted by molar-refractivity contribution is 5.99. The van der Waals surface area contributed by atoms with Crippen molar-refractivity contribution in [3.8, 4) is 0 Å². The number of aryl methyl sites for hydroxylation is 2. The fourth-order valence-corrected chi connectivity index (χ4v) is 5.16. The number of likely N-dealkylation sites (tertiary alicyclic amines) is 2. The van der Waals surface area contributed by atoms with Gasteiger partial charge in [0, 0.05) is 38.3 Å². The summed E-state index contributed by atoms with van der Waals surface area (Å²) in [5, 5.41) is 3.95. The monoisotopic (exact) mass is 375 g/mol. The molecule has 3 saturated heterocycles. The van der Waals surface area contributed by atoms with Crippen LogP contribution in [0.15, 0.2) is 4.52 Å².